The van der Waals surface area contributed by atoms with Gasteiger partial charge in [-0.2, -0.15) is 0 Å². The summed E-state index contributed by atoms with van der Waals surface area (Å²) in [6.45, 7) is 0. The monoisotopic (exact) mass is 432 g/mol. The molecule has 1 aromatic heterocycles. The third-order valence-corrected chi connectivity index (χ3v) is 5.76. The highest BCUT2D eigenvalue weighted by atomic mass is 35.5. The molecule has 0 bridgehead atoms. The van der Waals surface area contributed by atoms with Crippen LogP contribution in [0.15, 0.2) is 58.9 Å². The van der Waals surface area contributed by atoms with Gasteiger partial charge in [0.15, 0.2) is 4.34 Å². The van der Waals surface area contributed by atoms with Crippen LogP contribution in [0, 0.1) is 10.1 Å². The fourth-order valence-electron chi connectivity index (χ4n) is 2.15. The third-order valence-electron chi connectivity index (χ3n) is 3.46. The number of benzene rings is 2. The van der Waals surface area contributed by atoms with Crippen LogP contribution in [0.3, 0.4) is 0 Å². The number of para-hydroxylation sites is 1. The minimum Gasteiger partial charge on any atom is -0.297 e. The standard InChI is InChI=1S/C18H13ClN4O3S2/c19-14-8-5-12(6-9-14)11-27-18-22-21-17(28-18)20-16(24)10-7-13-3-1-2-4-15(13)23(25)26/h1-10H,11H2,(H,20,21,24). The summed E-state index contributed by atoms with van der Waals surface area (Å²) in [5.41, 5.74) is 1.38. The Hall–Kier alpha value is -2.75. The molecule has 0 unspecified atom stereocenters. The Morgan fingerprint density at radius 3 is 2.71 bits per heavy atom. The molecule has 28 heavy (non-hydrogen) atoms. The fraction of sp³-hybridized carbons (Fsp3) is 0.0556. The van der Waals surface area contributed by atoms with Gasteiger partial charge >= 0.3 is 0 Å². The predicted molar refractivity (Wildman–Crippen MR) is 112 cm³/mol. The molecule has 1 amide bonds. The lowest BCUT2D eigenvalue weighted by Gasteiger charge is -1.98. The number of aromatic nitrogens is 2. The number of thioether (sulfide) groups is 1. The predicted octanol–water partition coefficient (Wildman–Crippen LogP) is 5.04. The maximum atomic E-state index is 12.0. The van der Waals surface area contributed by atoms with Gasteiger partial charge in [-0.3, -0.25) is 20.2 Å². The summed E-state index contributed by atoms with van der Waals surface area (Å²) in [6.07, 6.45) is 2.62. The van der Waals surface area contributed by atoms with Crippen LogP contribution in [-0.2, 0) is 10.5 Å². The van der Waals surface area contributed by atoms with Gasteiger partial charge in [0.05, 0.1) is 10.5 Å². The molecular weight excluding hydrogens is 420 g/mol. The summed E-state index contributed by atoms with van der Waals surface area (Å²) in [4.78, 5) is 22.5. The molecule has 7 nitrogen and oxygen atoms in total. The molecule has 0 fully saturated rings. The van der Waals surface area contributed by atoms with E-state index in [0.717, 1.165) is 5.56 Å². The first-order valence-corrected chi connectivity index (χ1v) is 10.1. The van der Waals surface area contributed by atoms with E-state index in [0.29, 0.717) is 25.8 Å². The second-order valence-electron chi connectivity index (χ2n) is 5.43. The normalized spacial score (nSPS) is 10.9. The summed E-state index contributed by atoms with van der Waals surface area (Å²) in [6, 6.07) is 13.7. The first-order valence-electron chi connectivity index (χ1n) is 7.94. The highest BCUT2D eigenvalue weighted by Crippen LogP contribution is 2.28. The van der Waals surface area contributed by atoms with Crippen molar-refractivity contribution in [1.82, 2.24) is 10.2 Å². The summed E-state index contributed by atoms with van der Waals surface area (Å²) in [5.74, 6) is 0.265. The van der Waals surface area contributed by atoms with Gasteiger partial charge in [0, 0.05) is 22.9 Å². The van der Waals surface area contributed by atoms with Gasteiger partial charge in [0.25, 0.3) is 5.69 Å². The van der Waals surface area contributed by atoms with E-state index in [9.17, 15) is 14.9 Å². The third kappa shape index (κ3) is 5.62. The van der Waals surface area contributed by atoms with E-state index in [4.69, 9.17) is 11.6 Å². The average molecular weight is 433 g/mol. The van der Waals surface area contributed by atoms with E-state index in [-0.39, 0.29) is 5.69 Å². The second kappa shape index (κ2) is 9.45. The van der Waals surface area contributed by atoms with Crippen molar-refractivity contribution in [3.05, 3.63) is 80.9 Å². The number of nitrogens with one attached hydrogen (secondary N) is 1. The molecule has 3 aromatic rings. The number of hydrogen-bond donors (Lipinski definition) is 1. The number of carbonyl (C=O) groups is 1. The van der Waals surface area contributed by atoms with E-state index in [1.165, 1.54) is 41.3 Å². The molecule has 0 saturated heterocycles. The van der Waals surface area contributed by atoms with Gasteiger partial charge in [-0.25, -0.2) is 0 Å². The molecular formula is C18H13ClN4O3S2. The van der Waals surface area contributed by atoms with Gasteiger partial charge < -0.3 is 0 Å². The minimum absolute atomic E-state index is 0.0663. The Kier molecular flexibility index (Phi) is 6.75. The van der Waals surface area contributed by atoms with Gasteiger partial charge in [-0.05, 0) is 29.8 Å². The zero-order valence-corrected chi connectivity index (χ0v) is 16.6. The second-order valence-corrected chi connectivity index (χ2v) is 8.06. The minimum atomic E-state index is -0.494. The maximum absolute atomic E-state index is 12.0. The molecule has 142 valence electrons. The van der Waals surface area contributed by atoms with Crippen molar-refractivity contribution in [2.45, 2.75) is 10.1 Å². The molecule has 0 aliphatic heterocycles. The number of nitrogens with zero attached hydrogens (tertiary/aromatic N) is 3. The van der Waals surface area contributed by atoms with Crippen LogP contribution in [0.1, 0.15) is 11.1 Å². The smallest absolute Gasteiger partial charge is 0.276 e. The Morgan fingerprint density at radius 1 is 1.21 bits per heavy atom. The lowest BCUT2D eigenvalue weighted by Crippen LogP contribution is -2.07. The molecule has 0 atom stereocenters. The van der Waals surface area contributed by atoms with Crippen LogP contribution < -0.4 is 5.32 Å². The number of carbonyl (C=O) groups excluding carboxylic acids is 1. The lowest BCUT2D eigenvalue weighted by atomic mass is 10.1. The molecule has 0 aliphatic rings. The van der Waals surface area contributed by atoms with Gasteiger partial charge in [0.1, 0.15) is 0 Å². The van der Waals surface area contributed by atoms with Crippen molar-refractivity contribution in [3.8, 4) is 0 Å². The first-order chi connectivity index (χ1) is 13.5. The number of anilines is 1. The molecule has 0 aliphatic carbocycles. The van der Waals surface area contributed by atoms with E-state index < -0.39 is 10.8 Å². The Labute approximate surface area is 173 Å². The molecule has 2 aromatic carbocycles. The Morgan fingerprint density at radius 2 is 1.96 bits per heavy atom. The summed E-state index contributed by atoms with van der Waals surface area (Å²) >= 11 is 8.62. The molecule has 0 spiro atoms. The molecule has 0 saturated carbocycles. The molecule has 1 N–H and O–H groups in total. The zero-order valence-electron chi connectivity index (χ0n) is 14.2. The largest absolute Gasteiger partial charge is 0.297 e. The van der Waals surface area contributed by atoms with Crippen molar-refractivity contribution < 1.29 is 9.72 Å². The van der Waals surface area contributed by atoms with Crippen molar-refractivity contribution in [1.29, 1.82) is 0 Å². The van der Waals surface area contributed by atoms with Crippen LogP contribution in [0.2, 0.25) is 5.02 Å². The quantitative estimate of drug-likeness (QED) is 0.184. The van der Waals surface area contributed by atoms with Crippen LogP contribution in [0.5, 0.6) is 0 Å². The highest BCUT2D eigenvalue weighted by molar-refractivity contribution is 8.00. The summed E-state index contributed by atoms with van der Waals surface area (Å²) < 4.78 is 0.716. The van der Waals surface area contributed by atoms with Crippen LogP contribution in [-0.4, -0.2) is 21.0 Å². The van der Waals surface area contributed by atoms with E-state index >= 15 is 0 Å². The molecule has 3 rings (SSSR count). The summed E-state index contributed by atoms with van der Waals surface area (Å²) in [7, 11) is 0. The topological polar surface area (TPSA) is 98.0 Å². The van der Waals surface area contributed by atoms with Crippen molar-refractivity contribution >= 4 is 57.5 Å². The Balaban J connectivity index is 1.56. The van der Waals surface area contributed by atoms with Gasteiger partial charge in [0.2, 0.25) is 11.0 Å². The number of nitro benzene ring substituents is 1. The van der Waals surface area contributed by atoms with Crippen molar-refractivity contribution in [3.63, 3.8) is 0 Å². The molecule has 10 heteroatoms. The number of nitro groups is 1. The maximum Gasteiger partial charge on any atom is 0.276 e. The van der Waals surface area contributed by atoms with Crippen molar-refractivity contribution in [2.75, 3.05) is 5.32 Å². The lowest BCUT2D eigenvalue weighted by molar-refractivity contribution is -0.385. The van der Waals surface area contributed by atoms with Crippen LogP contribution >= 0.6 is 34.7 Å². The molecule has 0 radical (unpaired) electrons. The van der Waals surface area contributed by atoms with E-state index in [1.807, 2.05) is 24.3 Å². The fourth-order valence-corrected chi connectivity index (χ4v) is 3.99. The van der Waals surface area contributed by atoms with E-state index in [2.05, 4.69) is 15.5 Å². The Bertz CT molecular complexity index is 1020. The molecule has 1 heterocycles. The van der Waals surface area contributed by atoms with Crippen molar-refractivity contribution in [2.24, 2.45) is 0 Å². The SMILES string of the molecule is O=C(C=Cc1ccccc1[N+](=O)[O-])Nc1nnc(SCc2ccc(Cl)cc2)s1. The average Bonchev–Trinajstić information content (AvgIpc) is 3.13. The number of rotatable bonds is 7. The number of amides is 1. The van der Waals surface area contributed by atoms with Gasteiger partial charge in [-0.15, -0.1) is 10.2 Å². The van der Waals surface area contributed by atoms with Gasteiger partial charge in [-0.1, -0.05) is 59.0 Å². The highest BCUT2D eigenvalue weighted by Gasteiger charge is 2.11. The van der Waals surface area contributed by atoms with Crippen LogP contribution in [0.4, 0.5) is 10.8 Å². The summed E-state index contributed by atoms with van der Waals surface area (Å²) in [5, 5.41) is 22.6. The first kappa shape index (κ1) is 20.0. The number of hydrogen-bond acceptors (Lipinski definition) is 7. The van der Waals surface area contributed by atoms with Crippen LogP contribution in [0.25, 0.3) is 6.08 Å². The van der Waals surface area contributed by atoms with E-state index in [1.54, 1.807) is 18.2 Å². The number of halogens is 1. The zero-order chi connectivity index (χ0) is 19.9.